The minimum Gasteiger partial charge on any atom is -0.393 e. The summed E-state index contributed by atoms with van der Waals surface area (Å²) in [6.45, 7) is 2.15. The van der Waals surface area contributed by atoms with Crippen LogP contribution in [0.15, 0.2) is 0 Å². The minimum atomic E-state index is -0.169. The van der Waals surface area contributed by atoms with Crippen LogP contribution in [0.2, 0.25) is 0 Å². The number of carbonyl (C=O) groups is 1. The summed E-state index contributed by atoms with van der Waals surface area (Å²) >= 11 is 0. The van der Waals surface area contributed by atoms with Crippen molar-refractivity contribution < 1.29 is 9.90 Å². The summed E-state index contributed by atoms with van der Waals surface area (Å²) in [7, 11) is 0. The monoisotopic (exact) mass is 206 g/mol. The molecule has 13 heavy (non-hydrogen) atoms. The highest BCUT2D eigenvalue weighted by molar-refractivity contribution is 5.85. The Balaban J connectivity index is 0.000000845. The number of piperazine rings is 1. The Morgan fingerprint density at radius 2 is 2.15 bits per heavy atom. The largest absolute Gasteiger partial charge is 0.393 e. The van der Waals surface area contributed by atoms with Crippen molar-refractivity contribution in [1.82, 2.24) is 10.2 Å². The molecule has 0 spiro atoms. The van der Waals surface area contributed by atoms with Crippen molar-refractivity contribution in [3.63, 3.8) is 0 Å². The zero-order chi connectivity index (χ0) is 8.55. The topological polar surface area (TPSA) is 52.6 Å². The average Bonchev–Trinajstić information content (AvgIpc) is 2.01. The van der Waals surface area contributed by atoms with Crippen LogP contribution in [0.5, 0.6) is 0 Å². The molecule has 1 aliphatic heterocycles. The fourth-order valence-electron chi connectivity index (χ4n) is 1.82. The Kier molecular flexibility index (Phi) is 3.53. The van der Waals surface area contributed by atoms with Gasteiger partial charge in [-0.05, 0) is 12.8 Å². The van der Waals surface area contributed by atoms with E-state index in [-0.39, 0.29) is 24.4 Å². The van der Waals surface area contributed by atoms with Crippen molar-refractivity contribution in [2.75, 3.05) is 19.6 Å². The Morgan fingerprint density at radius 3 is 2.69 bits per heavy atom. The molecule has 0 aromatic rings. The molecule has 0 aromatic heterocycles. The second-order valence-corrected chi connectivity index (χ2v) is 3.54. The number of halogens is 1. The number of aliphatic hydroxyl groups is 1. The maximum absolute atomic E-state index is 11.3. The highest BCUT2D eigenvalue weighted by Gasteiger charge is 2.35. The molecular formula is C8H15ClN2O2. The van der Waals surface area contributed by atoms with Crippen molar-refractivity contribution in [2.45, 2.75) is 25.0 Å². The number of hydrogen-bond acceptors (Lipinski definition) is 3. The van der Waals surface area contributed by atoms with Gasteiger partial charge in [0.2, 0.25) is 5.91 Å². The highest BCUT2D eigenvalue weighted by atomic mass is 35.5. The van der Waals surface area contributed by atoms with Crippen LogP contribution in [0, 0.1) is 0 Å². The molecule has 5 heteroatoms. The third-order valence-electron chi connectivity index (χ3n) is 2.66. The maximum Gasteiger partial charge on any atom is 0.236 e. The lowest BCUT2D eigenvalue weighted by Crippen LogP contribution is -2.57. The fraction of sp³-hybridized carbons (Fsp3) is 0.875. The summed E-state index contributed by atoms with van der Waals surface area (Å²) in [6, 6.07) is 0.314. The standard InChI is InChI=1S/C8H14N2O2.ClH/c11-7-3-6(4-7)10-2-1-9-5-8(10)12;/h6-7,9,11H,1-5H2;1H. The van der Waals surface area contributed by atoms with E-state index < -0.39 is 0 Å². The van der Waals surface area contributed by atoms with Gasteiger partial charge in [0, 0.05) is 19.1 Å². The van der Waals surface area contributed by atoms with Crippen LogP contribution in [-0.2, 0) is 4.79 Å². The molecular weight excluding hydrogens is 192 g/mol. The van der Waals surface area contributed by atoms with E-state index >= 15 is 0 Å². The van der Waals surface area contributed by atoms with E-state index in [4.69, 9.17) is 5.11 Å². The molecule has 0 atom stereocenters. The van der Waals surface area contributed by atoms with Gasteiger partial charge in [0.05, 0.1) is 12.6 Å². The average molecular weight is 207 g/mol. The predicted octanol–water partition coefficient (Wildman–Crippen LogP) is -0.637. The first-order chi connectivity index (χ1) is 5.77. The Hall–Kier alpha value is -0.320. The Bertz CT molecular complexity index is 195. The third-order valence-corrected chi connectivity index (χ3v) is 2.66. The lowest BCUT2D eigenvalue weighted by atomic mass is 9.87. The molecule has 2 rings (SSSR count). The number of nitrogens with one attached hydrogen (secondary N) is 1. The van der Waals surface area contributed by atoms with Crippen LogP contribution in [-0.4, -0.2) is 47.7 Å². The molecule has 0 aromatic carbocycles. The zero-order valence-corrected chi connectivity index (χ0v) is 8.22. The molecule has 1 amide bonds. The molecule has 1 saturated heterocycles. The number of hydrogen-bond donors (Lipinski definition) is 2. The maximum atomic E-state index is 11.3. The van der Waals surface area contributed by atoms with Crippen molar-refractivity contribution in [2.24, 2.45) is 0 Å². The van der Waals surface area contributed by atoms with Gasteiger partial charge in [-0.3, -0.25) is 4.79 Å². The van der Waals surface area contributed by atoms with Gasteiger partial charge in [-0.1, -0.05) is 0 Å². The van der Waals surface area contributed by atoms with Gasteiger partial charge >= 0.3 is 0 Å². The molecule has 1 saturated carbocycles. The molecule has 0 radical (unpaired) electrons. The van der Waals surface area contributed by atoms with Crippen molar-refractivity contribution >= 4 is 18.3 Å². The smallest absolute Gasteiger partial charge is 0.236 e. The highest BCUT2D eigenvalue weighted by Crippen LogP contribution is 2.25. The molecule has 76 valence electrons. The summed E-state index contributed by atoms with van der Waals surface area (Å²) in [4.78, 5) is 13.2. The summed E-state index contributed by atoms with van der Waals surface area (Å²) in [5.74, 6) is 0.179. The van der Waals surface area contributed by atoms with E-state index in [9.17, 15) is 4.79 Å². The first kappa shape index (κ1) is 10.8. The number of carbonyl (C=O) groups excluding carboxylic acids is 1. The van der Waals surface area contributed by atoms with Crippen LogP contribution in [0.4, 0.5) is 0 Å². The molecule has 2 aliphatic rings. The number of amides is 1. The second kappa shape index (κ2) is 4.26. The van der Waals surface area contributed by atoms with Gasteiger partial charge in [0.25, 0.3) is 0 Å². The van der Waals surface area contributed by atoms with E-state index in [1.165, 1.54) is 0 Å². The number of aliphatic hydroxyl groups excluding tert-OH is 1. The number of rotatable bonds is 1. The fourth-order valence-corrected chi connectivity index (χ4v) is 1.82. The van der Waals surface area contributed by atoms with Crippen molar-refractivity contribution in [3.8, 4) is 0 Å². The van der Waals surface area contributed by atoms with Gasteiger partial charge in [-0.15, -0.1) is 12.4 Å². The van der Waals surface area contributed by atoms with Crippen molar-refractivity contribution in [1.29, 1.82) is 0 Å². The van der Waals surface area contributed by atoms with Gasteiger partial charge in [-0.2, -0.15) is 0 Å². The predicted molar refractivity (Wildman–Crippen MR) is 50.9 cm³/mol. The van der Waals surface area contributed by atoms with Crippen LogP contribution in [0.25, 0.3) is 0 Å². The zero-order valence-electron chi connectivity index (χ0n) is 7.40. The SMILES string of the molecule is Cl.O=C1CNCCN1C1CC(O)C1. The molecule has 0 bridgehead atoms. The van der Waals surface area contributed by atoms with Gasteiger partial charge in [-0.25, -0.2) is 0 Å². The van der Waals surface area contributed by atoms with E-state index in [1.54, 1.807) is 0 Å². The third kappa shape index (κ3) is 2.13. The van der Waals surface area contributed by atoms with Crippen molar-refractivity contribution in [3.05, 3.63) is 0 Å². The molecule has 4 nitrogen and oxygen atoms in total. The lowest BCUT2D eigenvalue weighted by Gasteiger charge is -2.42. The van der Waals surface area contributed by atoms with Crippen LogP contribution < -0.4 is 5.32 Å². The van der Waals surface area contributed by atoms with Crippen LogP contribution in [0.1, 0.15) is 12.8 Å². The summed E-state index contributed by atoms with van der Waals surface area (Å²) in [5, 5.41) is 12.1. The van der Waals surface area contributed by atoms with Gasteiger partial charge in [0.1, 0.15) is 0 Å². The Labute approximate surface area is 83.7 Å². The lowest BCUT2D eigenvalue weighted by molar-refractivity contribution is -0.138. The normalized spacial score (nSPS) is 33.6. The molecule has 0 unspecified atom stereocenters. The second-order valence-electron chi connectivity index (χ2n) is 3.54. The van der Waals surface area contributed by atoms with Gasteiger partial charge in [0.15, 0.2) is 0 Å². The van der Waals surface area contributed by atoms with E-state index in [1.807, 2.05) is 4.90 Å². The Morgan fingerprint density at radius 1 is 1.46 bits per heavy atom. The van der Waals surface area contributed by atoms with Gasteiger partial charge < -0.3 is 15.3 Å². The first-order valence-electron chi connectivity index (χ1n) is 4.45. The quantitative estimate of drug-likeness (QED) is 0.601. The number of nitrogens with zero attached hydrogens (tertiary/aromatic N) is 1. The van der Waals surface area contributed by atoms with Crippen LogP contribution in [0.3, 0.4) is 0 Å². The van der Waals surface area contributed by atoms with Crippen LogP contribution >= 0.6 is 12.4 Å². The van der Waals surface area contributed by atoms with E-state index in [0.717, 1.165) is 25.9 Å². The summed E-state index contributed by atoms with van der Waals surface area (Å²) < 4.78 is 0. The minimum absolute atomic E-state index is 0. The first-order valence-corrected chi connectivity index (χ1v) is 4.45. The van der Waals surface area contributed by atoms with E-state index in [2.05, 4.69) is 5.32 Å². The van der Waals surface area contributed by atoms with E-state index in [0.29, 0.717) is 12.6 Å². The molecule has 2 fully saturated rings. The molecule has 1 heterocycles. The summed E-state index contributed by atoms with van der Waals surface area (Å²) in [5.41, 5.74) is 0. The summed E-state index contributed by atoms with van der Waals surface area (Å²) in [6.07, 6.45) is 1.37. The molecule has 2 N–H and O–H groups in total. The molecule has 1 aliphatic carbocycles.